The third kappa shape index (κ3) is 3.81. The Morgan fingerprint density at radius 1 is 1.07 bits per heavy atom. The second-order valence-electron chi connectivity index (χ2n) is 8.56. The molecule has 2 aromatic rings. The van der Waals surface area contributed by atoms with E-state index in [1.807, 2.05) is 31.2 Å². The highest BCUT2D eigenvalue weighted by Gasteiger charge is 2.44. The van der Waals surface area contributed by atoms with E-state index in [1.165, 1.54) is 11.1 Å². The minimum atomic E-state index is -0.880. The lowest BCUT2D eigenvalue weighted by atomic mass is 9.67. The second-order valence-corrected chi connectivity index (χ2v) is 8.56. The number of amides is 1. The van der Waals surface area contributed by atoms with Crippen LogP contribution in [0.1, 0.15) is 62.5 Å². The number of fused-ring (bicyclic) bond motifs is 3. The summed E-state index contributed by atoms with van der Waals surface area (Å²) in [6, 6.07) is 16.4. The van der Waals surface area contributed by atoms with Crippen LogP contribution in [0.5, 0.6) is 0 Å². The monoisotopic (exact) mass is 407 g/mol. The maximum Gasteiger partial charge on any atom is 0.407 e. The molecule has 0 radical (unpaired) electrons. The fraction of sp³-hybridized carbons (Fsp3) is 0.440. The van der Waals surface area contributed by atoms with Crippen LogP contribution in [-0.2, 0) is 9.53 Å². The second kappa shape index (κ2) is 8.50. The van der Waals surface area contributed by atoms with Gasteiger partial charge in [-0.05, 0) is 47.4 Å². The molecular formula is C25H29NO4. The number of carbonyl (C=O) groups is 2. The lowest BCUT2D eigenvalue weighted by Gasteiger charge is -2.45. The fourth-order valence-corrected chi connectivity index (χ4v) is 5.16. The molecule has 2 aliphatic rings. The molecule has 0 bridgehead atoms. The van der Waals surface area contributed by atoms with Gasteiger partial charge in [-0.2, -0.15) is 0 Å². The van der Waals surface area contributed by atoms with E-state index in [-0.39, 0.29) is 24.9 Å². The molecule has 0 spiro atoms. The Kier molecular flexibility index (Phi) is 5.80. The van der Waals surface area contributed by atoms with Crippen molar-refractivity contribution in [2.24, 2.45) is 5.92 Å². The van der Waals surface area contributed by atoms with Gasteiger partial charge in [-0.3, -0.25) is 4.79 Å². The lowest BCUT2D eigenvalue weighted by molar-refractivity contribution is -0.139. The lowest BCUT2D eigenvalue weighted by Crippen LogP contribution is -2.57. The van der Waals surface area contributed by atoms with Crippen LogP contribution in [0.2, 0.25) is 0 Å². The van der Waals surface area contributed by atoms with Crippen molar-refractivity contribution in [3.05, 3.63) is 59.7 Å². The molecule has 1 atom stereocenters. The van der Waals surface area contributed by atoms with E-state index in [0.717, 1.165) is 36.8 Å². The molecule has 1 fully saturated rings. The smallest absolute Gasteiger partial charge is 0.407 e. The summed E-state index contributed by atoms with van der Waals surface area (Å²) in [4.78, 5) is 24.4. The molecule has 0 aromatic heterocycles. The summed E-state index contributed by atoms with van der Waals surface area (Å²) < 4.78 is 5.70. The highest BCUT2D eigenvalue weighted by molar-refractivity contribution is 5.79. The summed E-state index contributed by atoms with van der Waals surface area (Å²) in [6.07, 6.45) is 3.88. The summed E-state index contributed by atoms with van der Waals surface area (Å²) in [5, 5.41) is 12.5. The molecule has 30 heavy (non-hydrogen) atoms. The van der Waals surface area contributed by atoms with E-state index in [0.29, 0.717) is 6.42 Å². The minimum absolute atomic E-state index is 0.00750. The first-order valence-corrected chi connectivity index (χ1v) is 10.9. The Labute approximate surface area is 177 Å². The summed E-state index contributed by atoms with van der Waals surface area (Å²) in [6.45, 7) is 2.26. The van der Waals surface area contributed by atoms with Gasteiger partial charge < -0.3 is 15.2 Å². The number of alkyl carbamates (subject to hydrolysis) is 1. The van der Waals surface area contributed by atoms with Gasteiger partial charge in [0, 0.05) is 5.92 Å². The Bertz CT molecular complexity index is 891. The third-order valence-electron chi connectivity index (χ3n) is 6.74. The van der Waals surface area contributed by atoms with Crippen molar-refractivity contribution in [2.75, 3.05) is 6.61 Å². The molecule has 1 amide bonds. The molecule has 158 valence electrons. The number of hydrogen-bond donors (Lipinski definition) is 2. The summed E-state index contributed by atoms with van der Waals surface area (Å²) in [7, 11) is 0. The van der Waals surface area contributed by atoms with E-state index < -0.39 is 17.6 Å². The van der Waals surface area contributed by atoms with Crippen LogP contribution in [-0.4, -0.2) is 29.3 Å². The van der Waals surface area contributed by atoms with E-state index >= 15 is 0 Å². The van der Waals surface area contributed by atoms with Crippen molar-refractivity contribution in [3.8, 4) is 11.1 Å². The van der Waals surface area contributed by atoms with Crippen molar-refractivity contribution in [1.82, 2.24) is 5.32 Å². The van der Waals surface area contributed by atoms with E-state index in [1.54, 1.807) is 0 Å². The van der Waals surface area contributed by atoms with Crippen molar-refractivity contribution in [2.45, 2.75) is 56.9 Å². The van der Waals surface area contributed by atoms with Crippen molar-refractivity contribution >= 4 is 12.1 Å². The van der Waals surface area contributed by atoms with Gasteiger partial charge >= 0.3 is 12.1 Å². The zero-order chi connectivity index (χ0) is 21.1. The molecule has 1 saturated carbocycles. The highest BCUT2D eigenvalue weighted by Crippen LogP contribution is 2.45. The van der Waals surface area contributed by atoms with Gasteiger partial charge in [0.2, 0.25) is 0 Å². The van der Waals surface area contributed by atoms with Gasteiger partial charge in [0.05, 0.1) is 12.0 Å². The van der Waals surface area contributed by atoms with Crippen LogP contribution in [0, 0.1) is 5.92 Å². The predicted molar refractivity (Wildman–Crippen MR) is 115 cm³/mol. The first kappa shape index (κ1) is 20.5. The van der Waals surface area contributed by atoms with E-state index in [2.05, 4.69) is 29.6 Å². The molecule has 0 heterocycles. The van der Waals surface area contributed by atoms with Crippen molar-refractivity contribution in [3.63, 3.8) is 0 Å². The van der Waals surface area contributed by atoms with Crippen LogP contribution < -0.4 is 5.32 Å². The zero-order valence-corrected chi connectivity index (χ0v) is 17.4. The molecule has 2 aromatic carbocycles. The Morgan fingerprint density at radius 3 is 2.17 bits per heavy atom. The number of aliphatic carboxylic acids is 1. The fourth-order valence-electron chi connectivity index (χ4n) is 5.16. The number of carboxylic acid groups (broad SMARTS) is 1. The maximum atomic E-state index is 12.8. The number of carbonyl (C=O) groups excluding carboxylic acids is 1. The van der Waals surface area contributed by atoms with Gasteiger partial charge in [-0.1, -0.05) is 68.3 Å². The van der Waals surface area contributed by atoms with Crippen molar-refractivity contribution < 1.29 is 19.4 Å². The molecule has 5 heteroatoms. The van der Waals surface area contributed by atoms with Crippen LogP contribution in [0.15, 0.2) is 48.5 Å². The number of ether oxygens (including phenoxy) is 1. The summed E-state index contributed by atoms with van der Waals surface area (Å²) >= 11 is 0. The van der Waals surface area contributed by atoms with Crippen molar-refractivity contribution in [1.29, 1.82) is 0 Å². The normalized spacial score (nSPS) is 17.4. The topological polar surface area (TPSA) is 75.6 Å². The average molecular weight is 408 g/mol. The molecule has 5 nitrogen and oxygen atoms in total. The highest BCUT2D eigenvalue weighted by atomic mass is 16.5. The van der Waals surface area contributed by atoms with Crippen LogP contribution in [0.3, 0.4) is 0 Å². The number of benzene rings is 2. The maximum absolute atomic E-state index is 12.8. The molecule has 2 N–H and O–H groups in total. The first-order chi connectivity index (χ1) is 14.5. The third-order valence-corrected chi connectivity index (χ3v) is 6.74. The average Bonchev–Trinajstić information content (AvgIpc) is 2.98. The van der Waals surface area contributed by atoms with Gasteiger partial charge in [-0.25, -0.2) is 4.79 Å². The molecular weight excluding hydrogens is 378 g/mol. The number of nitrogens with one attached hydrogen (secondary N) is 1. The molecule has 4 rings (SSSR count). The summed E-state index contributed by atoms with van der Waals surface area (Å²) in [5.41, 5.74) is 3.97. The Hall–Kier alpha value is -2.82. The van der Waals surface area contributed by atoms with Crippen LogP contribution >= 0.6 is 0 Å². The number of hydrogen-bond acceptors (Lipinski definition) is 3. The van der Waals surface area contributed by atoms with E-state index in [4.69, 9.17) is 4.74 Å². The molecule has 1 unspecified atom stereocenters. The minimum Gasteiger partial charge on any atom is -0.481 e. The van der Waals surface area contributed by atoms with E-state index in [9.17, 15) is 14.7 Å². The molecule has 0 aliphatic heterocycles. The quantitative estimate of drug-likeness (QED) is 0.619. The predicted octanol–water partition coefficient (Wildman–Crippen LogP) is 5.34. The summed E-state index contributed by atoms with van der Waals surface area (Å²) in [5.74, 6) is -0.685. The number of rotatable bonds is 8. The zero-order valence-electron chi connectivity index (χ0n) is 17.4. The van der Waals surface area contributed by atoms with Gasteiger partial charge in [0.15, 0.2) is 0 Å². The number of carboxylic acids is 1. The van der Waals surface area contributed by atoms with Gasteiger partial charge in [0.1, 0.15) is 6.61 Å². The largest absolute Gasteiger partial charge is 0.481 e. The van der Waals surface area contributed by atoms with Gasteiger partial charge in [0.25, 0.3) is 0 Å². The van der Waals surface area contributed by atoms with Gasteiger partial charge in [-0.15, -0.1) is 0 Å². The molecule has 2 aliphatic carbocycles. The Morgan fingerprint density at radius 2 is 1.67 bits per heavy atom. The van der Waals surface area contributed by atoms with Crippen LogP contribution in [0.4, 0.5) is 4.79 Å². The van der Waals surface area contributed by atoms with Crippen LogP contribution in [0.25, 0.3) is 11.1 Å². The SMILES string of the molecule is CCCC(CC(=O)O)(NC(=O)OCC1c2ccccc2-c2ccccc21)C1CCC1. The standard InChI is InChI=1S/C25H29NO4/c1-2-14-25(15-23(27)28,17-8-7-9-17)26-24(29)30-16-22-20-12-5-3-10-18(20)19-11-4-6-13-21(19)22/h3-6,10-13,17,22H,2,7-9,14-16H2,1H3,(H,26,29)(H,27,28). The Balaban J connectivity index is 1.49. The molecule has 0 saturated heterocycles. The first-order valence-electron chi connectivity index (χ1n) is 10.9.